The average molecular weight is 370 g/mol. The van der Waals surface area contributed by atoms with Crippen LogP contribution in [0.15, 0.2) is 34.9 Å². The zero-order valence-corrected chi connectivity index (χ0v) is 14.7. The number of benzene rings is 1. The highest BCUT2D eigenvalue weighted by Gasteiger charge is 2.08. The SMILES string of the molecule is COCCNCc1cnc(N(C)Cc2cccc(Br)c2)s1. The van der Waals surface area contributed by atoms with Gasteiger partial charge in [0.05, 0.1) is 6.61 Å². The first-order chi connectivity index (χ1) is 10.2. The Morgan fingerprint density at radius 3 is 3.05 bits per heavy atom. The van der Waals surface area contributed by atoms with Gasteiger partial charge in [0.15, 0.2) is 5.13 Å². The van der Waals surface area contributed by atoms with Crippen LogP contribution in [0.1, 0.15) is 10.4 Å². The maximum atomic E-state index is 5.01. The van der Waals surface area contributed by atoms with Crippen molar-refractivity contribution < 1.29 is 4.74 Å². The van der Waals surface area contributed by atoms with Crippen LogP contribution < -0.4 is 10.2 Å². The Morgan fingerprint density at radius 1 is 1.43 bits per heavy atom. The van der Waals surface area contributed by atoms with Gasteiger partial charge >= 0.3 is 0 Å². The van der Waals surface area contributed by atoms with E-state index < -0.39 is 0 Å². The van der Waals surface area contributed by atoms with Crippen molar-refractivity contribution in [3.63, 3.8) is 0 Å². The molecule has 1 aromatic heterocycles. The first-order valence-corrected chi connectivity index (χ1v) is 8.40. The molecule has 0 bridgehead atoms. The molecule has 0 saturated heterocycles. The minimum atomic E-state index is 0.731. The average Bonchev–Trinajstić information content (AvgIpc) is 2.93. The lowest BCUT2D eigenvalue weighted by Crippen LogP contribution is -2.17. The van der Waals surface area contributed by atoms with E-state index in [-0.39, 0.29) is 0 Å². The normalized spacial score (nSPS) is 10.8. The number of hydrogen-bond acceptors (Lipinski definition) is 5. The summed E-state index contributed by atoms with van der Waals surface area (Å²) >= 11 is 5.23. The van der Waals surface area contributed by atoms with E-state index in [9.17, 15) is 0 Å². The summed E-state index contributed by atoms with van der Waals surface area (Å²) in [6.07, 6.45) is 1.94. The summed E-state index contributed by atoms with van der Waals surface area (Å²) in [4.78, 5) is 7.90. The van der Waals surface area contributed by atoms with Gasteiger partial charge in [0, 0.05) is 49.3 Å². The van der Waals surface area contributed by atoms with Gasteiger partial charge in [0.25, 0.3) is 0 Å². The third-order valence-corrected chi connectivity index (χ3v) is 4.56. The Morgan fingerprint density at radius 2 is 2.29 bits per heavy atom. The van der Waals surface area contributed by atoms with Crippen molar-refractivity contribution in [3.8, 4) is 0 Å². The summed E-state index contributed by atoms with van der Waals surface area (Å²) in [5.74, 6) is 0. The van der Waals surface area contributed by atoms with Gasteiger partial charge in [-0.15, -0.1) is 11.3 Å². The first kappa shape index (κ1) is 16.4. The van der Waals surface area contributed by atoms with Crippen LogP contribution in [0.25, 0.3) is 0 Å². The van der Waals surface area contributed by atoms with Crippen LogP contribution in [0.4, 0.5) is 5.13 Å². The molecule has 114 valence electrons. The number of nitrogens with one attached hydrogen (secondary N) is 1. The molecular formula is C15H20BrN3OS. The summed E-state index contributed by atoms with van der Waals surface area (Å²) in [7, 11) is 3.78. The van der Waals surface area contributed by atoms with E-state index in [2.05, 4.69) is 56.4 Å². The molecule has 2 rings (SSSR count). The van der Waals surface area contributed by atoms with E-state index in [1.807, 2.05) is 12.3 Å². The molecule has 0 atom stereocenters. The molecule has 0 radical (unpaired) electrons. The minimum Gasteiger partial charge on any atom is -0.383 e. The highest BCUT2D eigenvalue weighted by molar-refractivity contribution is 9.10. The minimum absolute atomic E-state index is 0.731. The molecule has 0 fully saturated rings. The van der Waals surface area contributed by atoms with Gasteiger partial charge in [-0.2, -0.15) is 0 Å². The van der Waals surface area contributed by atoms with Crippen LogP contribution in [0.5, 0.6) is 0 Å². The van der Waals surface area contributed by atoms with Crippen molar-refractivity contribution in [2.75, 3.05) is 32.2 Å². The van der Waals surface area contributed by atoms with E-state index in [1.165, 1.54) is 10.4 Å². The standard InChI is InChI=1S/C15H20BrN3OS/c1-19(11-12-4-3-5-13(16)8-12)15-18-10-14(21-15)9-17-6-7-20-2/h3-5,8,10,17H,6-7,9,11H2,1-2H3. The fourth-order valence-corrected chi connectivity index (χ4v) is 3.20. The molecule has 0 amide bonds. The van der Waals surface area contributed by atoms with E-state index >= 15 is 0 Å². The predicted octanol–water partition coefficient (Wildman–Crippen LogP) is 3.28. The maximum Gasteiger partial charge on any atom is 0.185 e. The second-order valence-corrected chi connectivity index (χ2v) is 6.77. The Kier molecular flexibility index (Phi) is 6.63. The first-order valence-electron chi connectivity index (χ1n) is 6.79. The van der Waals surface area contributed by atoms with Crippen molar-refractivity contribution in [2.45, 2.75) is 13.1 Å². The van der Waals surface area contributed by atoms with E-state index in [4.69, 9.17) is 4.74 Å². The summed E-state index contributed by atoms with van der Waals surface area (Å²) in [5.41, 5.74) is 1.27. The van der Waals surface area contributed by atoms with Crippen LogP contribution in [-0.2, 0) is 17.8 Å². The van der Waals surface area contributed by atoms with Crippen LogP contribution >= 0.6 is 27.3 Å². The van der Waals surface area contributed by atoms with Crippen LogP contribution in [0.3, 0.4) is 0 Å². The number of nitrogens with zero attached hydrogens (tertiary/aromatic N) is 2. The third kappa shape index (κ3) is 5.39. The van der Waals surface area contributed by atoms with E-state index in [0.29, 0.717) is 0 Å². The molecule has 1 N–H and O–H groups in total. The molecule has 1 aromatic carbocycles. The van der Waals surface area contributed by atoms with Crippen LogP contribution in [-0.4, -0.2) is 32.3 Å². The van der Waals surface area contributed by atoms with Crippen molar-refractivity contribution in [3.05, 3.63) is 45.4 Å². The van der Waals surface area contributed by atoms with Crippen molar-refractivity contribution in [2.24, 2.45) is 0 Å². The van der Waals surface area contributed by atoms with Gasteiger partial charge in [0.1, 0.15) is 0 Å². The number of anilines is 1. The summed E-state index contributed by atoms with van der Waals surface area (Å²) in [6, 6.07) is 8.36. The number of rotatable bonds is 8. The van der Waals surface area contributed by atoms with Gasteiger partial charge in [-0.1, -0.05) is 28.1 Å². The number of halogens is 1. The molecule has 4 nitrogen and oxygen atoms in total. The molecule has 6 heteroatoms. The van der Waals surface area contributed by atoms with E-state index in [1.54, 1.807) is 18.4 Å². The number of hydrogen-bond donors (Lipinski definition) is 1. The summed E-state index contributed by atoms with van der Waals surface area (Å²) in [6.45, 7) is 3.28. The van der Waals surface area contributed by atoms with Gasteiger partial charge < -0.3 is 15.0 Å². The second-order valence-electron chi connectivity index (χ2n) is 4.76. The zero-order valence-electron chi connectivity index (χ0n) is 12.3. The van der Waals surface area contributed by atoms with Crippen LogP contribution in [0.2, 0.25) is 0 Å². The molecule has 0 aliphatic rings. The Hall–Kier alpha value is -0.950. The van der Waals surface area contributed by atoms with Crippen molar-refractivity contribution in [1.29, 1.82) is 0 Å². The zero-order chi connectivity index (χ0) is 15.1. The Bertz CT molecular complexity index is 561. The molecule has 0 spiro atoms. The second kappa shape index (κ2) is 8.48. The lowest BCUT2D eigenvalue weighted by molar-refractivity contribution is 0.199. The largest absolute Gasteiger partial charge is 0.383 e. The molecule has 21 heavy (non-hydrogen) atoms. The smallest absolute Gasteiger partial charge is 0.185 e. The van der Waals surface area contributed by atoms with Crippen LogP contribution in [0, 0.1) is 0 Å². The summed E-state index contributed by atoms with van der Waals surface area (Å²) < 4.78 is 6.12. The number of ether oxygens (including phenoxy) is 1. The Labute approximate surface area is 138 Å². The molecular weight excluding hydrogens is 350 g/mol. The molecule has 2 aromatic rings. The predicted molar refractivity (Wildman–Crippen MR) is 91.9 cm³/mol. The monoisotopic (exact) mass is 369 g/mol. The number of methoxy groups -OCH3 is 1. The third-order valence-electron chi connectivity index (χ3n) is 2.96. The van der Waals surface area contributed by atoms with Crippen molar-refractivity contribution >= 4 is 32.4 Å². The van der Waals surface area contributed by atoms with Gasteiger partial charge in [-0.05, 0) is 17.7 Å². The molecule has 0 saturated carbocycles. The quantitative estimate of drug-likeness (QED) is 0.724. The fraction of sp³-hybridized carbons (Fsp3) is 0.400. The Balaban J connectivity index is 1.88. The lowest BCUT2D eigenvalue weighted by atomic mass is 10.2. The van der Waals surface area contributed by atoms with Gasteiger partial charge in [-0.25, -0.2) is 4.98 Å². The summed E-state index contributed by atoms with van der Waals surface area (Å²) in [5, 5.41) is 4.37. The maximum absolute atomic E-state index is 5.01. The highest BCUT2D eigenvalue weighted by Crippen LogP contribution is 2.23. The number of thiazole rings is 1. The van der Waals surface area contributed by atoms with Gasteiger partial charge in [0.2, 0.25) is 0 Å². The molecule has 1 heterocycles. The van der Waals surface area contributed by atoms with Crippen molar-refractivity contribution in [1.82, 2.24) is 10.3 Å². The van der Waals surface area contributed by atoms with E-state index in [0.717, 1.165) is 35.8 Å². The molecule has 0 aliphatic heterocycles. The highest BCUT2D eigenvalue weighted by atomic mass is 79.9. The molecule has 0 aliphatic carbocycles. The molecule has 0 unspecified atom stereocenters. The van der Waals surface area contributed by atoms with Gasteiger partial charge in [-0.3, -0.25) is 0 Å². The number of aromatic nitrogens is 1. The topological polar surface area (TPSA) is 37.4 Å². The lowest BCUT2D eigenvalue weighted by Gasteiger charge is -2.15. The fourth-order valence-electron chi connectivity index (χ4n) is 1.92.